The summed E-state index contributed by atoms with van der Waals surface area (Å²) in [7, 11) is 0. The molecule has 0 atom stereocenters. The van der Waals surface area contributed by atoms with E-state index in [2.05, 4.69) is 4.98 Å². The Balaban J connectivity index is 2.07. The van der Waals surface area contributed by atoms with Gasteiger partial charge in [0.05, 0.1) is 28.3 Å². The number of aryl methyl sites for hydroxylation is 1. The van der Waals surface area contributed by atoms with Crippen LogP contribution in [0.2, 0.25) is 0 Å². The molecule has 2 aromatic rings. The van der Waals surface area contributed by atoms with Crippen molar-refractivity contribution in [1.82, 2.24) is 4.98 Å². The van der Waals surface area contributed by atoms with Gasteiger partial charge >= 0.3 is 5.97 Å². The topological polar surface area (TPSA) is 63.3 Å². The number of pyridine rings is 1. The molecule has 0 bridgehead atoms. The van der Waals surface area contributed by atoms with Crippen LogP contribution in [0.3, 0.4) is 0 Å². The molecule has 0 aliphatic carbocycles. The first-order chi connectivity index (χ1) is 8.16. The fraction of sp³-hybridized carbons (Fsp3) is 0.167. The Kier molecular flexibility index (Phi) is 3.49. The second-order valence-corrected chi connectivity index (χ2v) is 4.45. The lowest BCUT2D eigenvalue weighted by molar-refractivity contribution is 0.0695. The highest BCUT2D eigenvalue weighted by Gasteiger charge is 2.09. The van der Waals surface area contributed by atoms with E-state index in [1.165, 1.54) is 11.8 Å². The first kappa shape index (κ1) is 11.7. The number of carboxylic acids is 1. The Labute approximate surface area is 103 Å². The van der Waals surface area contributed by atoms with Crippen LogP contribution in [-0.4, -0.2) is 16.1 Å². The summed E-state index contributed by atoms with van der Waals surface area (Å²) in [4.78, 5) is 15.1. The van der Waals surface area contributed by atoms with E-state index in [0.29, 0.717) is 11.4 Å². The second-order valence-electron chi connectivity index (χ2n) is 3.46. The predicted octanol–water partition coefficient (Wildman–Crippen LogP) is 2.97. The normalized spacial score (nSPS) is 10.4. The van der Waals surface area contributed by atoms with Gasteiger partial charge in [0.25, 0.3) is 0 Å². The number of aromatic carboxylic acids is 1. The zero-order chi connectivity index (χ0) is 12.3. The highest BCUT2D eigenvalue weighted by molar-refractivity contribution is 7.98. The highest BCUT2D eigenvalue weighted by Crippen LogP contribution is 2.22. The van der Waals surface area contributed by atoms with Crippen molar-refractivity contribution in [3.63, 3.8) is 0 Å². The molecule has 5 heteroatoms. The minimum absolute atomic E-state index is 0.243. The van der Waals surface area contributed by atoms with Gasteiger partial charge in [-0.3, -0.25) is 0 Å². The lowest BCUT2D eigenvalue weighted by atomic mass is 10.2. The predicted molar refractivity (Wildman–Crippen MR) is 64.2 cm³/mol. The van der Waals surface area contributed by atoms with E-state index in [4.69, 9.17) is 9.52 Å². The molecule has 0 aliphatic rings. The first-order valence-corrected chi connectivity index (χ1v) is 6.01. The maximum Gasteiger partial charge on any atom is 0.337 e. The summed E-state index contributed by atoms with van der Waals surface area (Å²) in [5.41, 5.74) is 0.772. The van der Waals surface area contributed by atoms with E-state index >= 15 is 0 Å². The van der Waals surface area contributed by atoms with Crippen LogP contribution in [-0.2, 0) is 5.75 Å². The summed E-state index contributed by atoms with van der Waals surface area (Å²) in [6, 6.07) is 7.02. The summed E-state index contributed by atoms with van der Waals surface area (Å²) in [5, 5.41) is 9.67. The summed E-state index contributed by atoms with van der Waals surface area (Å²) in [6.45, 7) is 1.69. The summed E-state index contributed by atoms with van der Waals surface area (Å²) >= 11 is 1.51. The molecule has 0 unspecified atom stereocenters. The number of hydrogen-bond donors (Lipinski definition) is 1. The Morgan fingerprint density at radius 3 is 2.88 bits per heavy atom. The molecule has 0 saturated heterocycles. The number of carbonyl (C=O) groups is 1. The molecular weight excluding hydrogens is 238 g/mol. The summed E-state index contributed by atoms with van der Waals surface area (Å²) < 4.78 is 5.20. The van der Waals surface area contributed by atoms with Crippen molar-refractivity contribution in [3.05, 3.63) is 47.5 Å². The SMILES string of the molecule is Cc1nc(SCc2ccco2)ccc1C(=O)O. The van der Waals surface area contributed by atoms with Crippen molar-refractivity contribution in [2.24, 2.45) is 0 Å². The molecule has 0 spiro atoms. The van der Waals surface area contributed by atoms with Crippen LogP contribution in [0.15, 0.2) is 40.0 Å². The minimum atomic E-state index is -0.947. The summed E-state index contributed by atoms with van der Waals surface area (Å²) in [5.74, 6) is 0.612. The smallest absolute Gasteiger partial charge is 0.337 e. The van der Waals surface area contributed by atoms with E-state index in [0.717, 1.165) is 10.8 Å². The molecule has 2 rings (SSSR count). The van der Waals surface area contributed by atoms with Crippen molar-refractivity contribution >= 4 is 17.7 Å². The van der Waals surface area contributed by atoms with E-state index in [-0.39, 0.29) is 5.56 Å². The van der Waals surface area contributed by atoms with Gasteiger partial charge < -0.3 is 9.52 Å². The number of nitrogens with zero attached hydrogens (tertiary/aromatic N) is 1. The average Bonchev–Trinajstić information content (AvgIpc) is 2.78. The van der Waals surface area contributed by atoms with Crippen LogP contribution in [0.1, 0.15) is 21.8 Å². The van der Waals surface area contributed by atoms with E-state index in [1.807, 2.05) is 12.1 Å². The molecule has 0 radical (unpaired) electrons. The quantitative estimate of drug-likeness (QED) is 0.844. The van der Waals surface area contributed by atoms with Crippen LogP contribution in [0.25, 0.3) is 0 Å². The third-order valence-electron chi connectivity index (χ3n) is 2.23. The number of hydrogen-bond acceptors (Lipinski definition) is 4. The zero-order valence-corrected chi connectivity index (χ0v) is 10.0. The van der Waals surface area contributed by atoms with Crippen LogP contribution in [0.5, 0.6) is 0 Å². The molecule has 1 N–H and O–H groups in total. The van der Waals surface area contributed by atoms with Crippen molar-refractivity contribution in [2.75, 3.05) is 0 Å². The van der Waals surface area contributed by atoms with E-state index in [1.54, 1.807) is 25.3 Å². The zero-order valence-electron chi connectivity index (χ0n) is 9.21. The van der Waals surface area contributed by atoms with Crippen LogP contribution >= 0.6 is 11.8 Å². The summed E-state index contributed by atoms with van der Waals surface area (Å²) in [6.07, 6.45) is 1.63. The lowest BCUT2D eigenvalue weighted by Crippen LogP contribution is -2.01. The number of rotatable bonds is 4. The van der Waals surface area contributed by atoms with Gasteiger partial charge in [-0.15, -0.1) is 0 Å². The van der Waals surface area contributed by atoms with Crippen molar-refractivity contribution in [3.8, 4) is 0 Å². The third-order valence-corrected chi connectivity index (χ3v) is 3.19. The monoisotopic (exact) mass is 249 g/mol. The fourth-order valence-electron chi connectivity index (χ4n) is 1.38. The average molecular weight is 249 g/mol. The largest absolute Gasteiger partial charge is 0.478 e. The van der Waals surface area contributed by atoms with E-state index in [9.17, 15) is 4.79 Å². The molecule has 0 fully saturated rings. The molecule has 88 valence electrons. The van der Waals surface area contributed by atoms with Gasteiger partial charge in [0.1, 0.15) is 5.76 Å². The molecule has 0 saturated carbocycles. The molecular formula is C12H11NO3S. The Morgan fingerprint density at radius 1 is 1.47 bits per heavy atom. The van der Waals surface area contributed by atoms with Crippen LogP contribution < -0.4 is 0 Å². The third kappa shape index (κ3) is 2.88. The van der Waals surface area contributed by atoms with Crippen molar-refractivity contribution < 1.29 is 14.3 Å². The number of thioether (sulfide) groups is 1. The number of aromatic nitrogens is 1. The molecule has 0 aromatic carbocycles. The maximum absolute atomic E-state index is 10.8. The Hall–Kier alpha value is -1.75. The number of carboxylic acid groups (broad SMARTS) is 1. The van der Waals surface area contributed by atoms with Crippen molar-refractivity contribution in [2.45, 2.75) is 17.7 Å². The van der Waals surface area contributed by atoms with Crippen molar-refractivity contribution in [1.29, 1.82) is 0 Å². The molecule has 4 nitrogen and oxygen atoms in total. The standard InChI is InChI=1S/C12H11NO3S/c1-8-10(12(14)15)4-5-11(13-8)17-7-9-3-2-6-16-9/h2-6H,7H2,1H3,(H,14,15). The Morgan fingerprint density at radius 2 is 2.29 bits per heavy atom. The molecule has 0 amide bonds. The fourth-order valence-corrected chi connectivity index (χ4v) is 2.20. The molecule has 17 heavy (non-hydrogen) atoms. The van der Waals surface area contributed by atoms with Gasteiger partial charge in [0.15, 0.2) is 0 Å². The molecule has 0 aliphatic heterocycles. The Bertz CT molecular complexity index is 523. The van der Waals surface area contributed by atoms with Gasteiger partial charge in [-0.25, -0.2) is 9.78 Å². The second kappa shape index (κ2) is 5.05. The molecule has 2 heterocycles. The minimum Gasteiger partial charge on any atom is -0.478 e. The first-order valence-electron chi connectivity index (χ1n) is 5.03. The number of furan rings is 1. The maximum atomic E-state index is 10.8. The van der Waals surface area contributed by atoms with Crippen LogP contribution in [0.4, 0.5) is 0 Å². The lowest BCUT2D eigenvalue weighted by Gasteiger charge is -2.03. The van der Waals surface area contributed by atoms with Gasteiger partial charge in [0.2, 0.25) is 0 Å². The van der Waals surface area contributed by atoms with Gasteiger partial charge in [-0.2, -0.15) is 0 Å². The highest BCUT2D eigenvalue weighted by atomic mass is 32.2. The molecule has 2 aromatic heterocycles. The van der Waals surface area contributed by atoms with Gasteiger partial charge in [-0.05, 0) is 31.2 Å². The van der Waals surface area contributed by atoms with E-state index < -0.39 is 5.97 Å². The van der Waals surface area contributed by atoms with Crippen LogP contribution in [0, 0.1) is 6.92 Å². The van der Waals surface area contributed by atoms with Gasteiger partial charge in [-0.1, -0.05) is 11.8 Å². The van der Waals surface area contributed by atoms with Gasteiger partial charge in [0, 0.05) is 0 Å².